The molecule has 4 nitrogen and oxygen atoms in total. The molecule has 0 aliphatic heterocycles. The Kier molecular flexibility index (Phi) is 5.48. The lowest BCUT2D eigenvalue weighted by atomic mass is 9.92. The number of methoxy groups -OCH3 is 1. The van der Waals surface area contributed by atoms with Crippen LogP contribution in [0.15, 0.2) is 24.3 Å². The Labute approximate surface area is 127 Å². The second-order valence-electron chi connectivity index (χ2n) is 6.66. The molecule has 118 valence electrons. The van der Waals surface area contributed by atoms with Crippen molar-refractivity contribution >= 4 is 0 Å². The first-order valence-electron chi connectivity index (χ1n) is 7.67. The Morgan fingerprint density at radius 2 is 2.14 bits per heavy atom. The van der Waals surface area contributed by atoms with Crippen molar-refractivity contribution in [1.29, 1.82) is 0 Å². The van der Waals surface area contributed by atoms with E-state index in [-0.39, 0.29) is 6.61 Å². The van der Waals surface area contributed by atoms with Crippen LogP contribution in [-0.2, 0) is 0 Å². The van der Waals surface area contributed by atoms with Crippen LogP contribution in [0.2, 0.25) is 0 Å². The number of benzene rings is 1. The van der Waals surface area contributed by atoms with Gasteiger partial charge >= 0.3 is 0 Å². The van der Waals surface area contributed by atoms with Gasteiger partial charge in [0.15, 0.2) is 0 Å². The Morgan fingerprint density at radius 1 is 1.38 bits per heavy atom. The summed E-state index contributed by atoms with van der Waals surface area (Å²) in [5.41, 5.74) is 0.430. The number of aliphatic hydroxyl groups is 1. The van der Waals surface area contributed by atoms with Crippen molar-refractivity contribution < 1.29 is 14.6 Å². The van der Waals surface area contributed by atoms with Gasteiger partial charge in [-0.2, -0.15) is 0 Å². The maximum atomic E-state index is 10.0. The number of rotatable bonds is 7. The first-order valence-corrected chi connectivity index (χ1v) is 7.67. The molecule has 0 saturated heterocycles. The molecule has 0 aromatic heterocycles. The molecular weight excluding hydrogens is 266 g/mol. The zero-order chi connectivity index (χ0) is 15.3. The number of hydrogen-bond acceptors (Lipinski definition) is 4. The van der Waals surface area contributed by atoms with Crippen LogP contribution >= 0.6 is 0 Å². The summed E-state index contributed by atoms with van der Waals surface area (Å²) in [7, 11) is 1.63. The van der Waals surface area contributed by atoms with Crippen LogP contribution in [0.25, 0.3) is 0 Å². The van der Waals surface area contributed by atoms with Crippen LogP contribution in [0, 0.1) is 5.41 Å². The standard InChI is InChI=1S/C17H27NO3/c1-17(2)8-7-13(10-17)18-11-14(19)12-21-16-6-4-5-15(9-16)20-3/h4-6,9,13-14,18-19H,7-8,10-12H2,1-3H3. The summed E-state index contributed by atoms with van der Waals surface area (Å²) < 4.78 is 10.7. The fourth-order valence-electron chi connectivity index (χ4n) is 2.86. The third-order valence-electron chi connectivity index (χ3n) is 4.09. The minimum absolute atomic E-state index is 0.288. The van der Waals surface area contributed by atoms with Crippen molar-refractivity contribution in [2.24, 2.45) is 5.41 Å². The van der Waals surface area contributed by atoms with Gasteiger partial charge in [0.1, 0.15) is 24.2 Å². The van der Waals surface area contributed by atoms with Crippen LogP contribution in [0.1, 0.15) is 33.1 Å². The van der Waals surface area contributed by atoms with Gasteiger partial charge in [-0.25, -0.2) is 0 Å². The SMILES string of the molecule is COc1cccc(OCC(O)CNC2CCC(C)(C)C2)c1. The molecule has 0 spiro atoms. The van der Waals surface area contributed by atoms with Crippen LogP contribution in [0.5, 0.6) is 11.5 Å². The quantitative estimate of drug-likeness (QED) is 0.811. The number of hydrogen-bond donors (Lipinski definition) is 2. The molecule has 0 heterocycles. The molecule has 2 N–H and O–H groups in total. The van der Waals surface area contributed by atoms with E-state index < -0.39 is 6.10 Å². The molecule has 2 unspecified atom stereocenters. The predicted octanol–water partition coefficient (Wildman–Crippen LogP) is 2.60. The lowest BCUT2D eigenvalue weighted by Crippen LogP contribution is -2.37. The molecule has 1 saturated carbocycles. The summed E-state index contributed by atoms with van der Waals surface area (Å²) >= 11 is 0. The van der Waals surface area contributed by atoms with Crippen molar-refractivity contribution in [3.8, 4) is 11.5 Å². The maximum Gasteiger partial charge on any atom is 0.123 e. The molecule has 1 aromatic rings. The van der Waals surface area contributed by atoms with Gasteiger partial charge < -0.3 is 19.9 Å². The van der Waals surface area contributed by atoms with Gasteiger partial charge in [0.05, 0.1) is 7.11 Å². The van der Waals surface area contributed by atoms with E-state index in [1.165, 1.54) is 19.3 Å². The molecule has 0 bridgehead atoms. The highest BCUT2D eigenvalue weighted by Crippen LogP contribution is 2.36. The van der Waals surface area contributed by atoms with Crippen LogP contribution in [-0.4, -0.2) is 37.5 Å². The molecule has 2 atom stereocenters. The molecule has 2 rings (SSSR count). The second-order valence-corrected chi connectivity index (χ2v) is 6.66. The summed E-state index contributed by atoms with van der Waals surface area (Å²) in [5, 5.41) is 13.4. The van der Waals surface area contributed by atoms with E-state index in [0.29, 0.717) is 18.0 Å². The number of aliphatic hydroxyl groups excluding tert-OH is 1. The number of nitrogens with one attached hydrogen (secondary N) is 1. The third kappa shape index (κ3) is 5.21. The fourth-order valence-corrected chi connectivity index (χ4v) is 2.86. The number of ether oxygens (including phenoxy) is 2. The average molecular weight is 293 g/mol. The van der Waals surface area contributed by atoms with Crippen LogP contribution in [0.4, 0.5) is 0 Å². The second kappa shape index (κ2) is 7.14. The molecule has 1 aliphatic rings. The molecule has 4 heteroatoms. The largest absolute Gasteiger partial charge is 0.497 e. The first-order chi connectivity index (χ1) is 9.98. The van der Waals surface area contributed by atoms with Crippen molar-refractivity contribution in [3.63, 3.8) is 0 Å². The monoisotopic (exact) mass is 293 g/mol. The van der Waals surface area contributed by atoms with Crippen molar-refractivity contribution in [3.05, 3.63) is 24.3 Å². The van der Waals surface area contributed by atoms with E-state index in [9.17, 15) is 5.11 Å². The third-order valence-corrected chi connectivity index (χ3v) is 4.09. The minimum Gasteiger partial charge on any atom is -0.497 e. The van der Waals surface area contributed by atoms with Gasteiger partial charge in [0.2, 0.25) is 0 Å². The molecular formula is C17H27NO3. The van der Waals surface area contributed by atoms with E-state index in [1.54, 1.807) is 7.11 Å². The lowest BCUT2D eigenvalue weighted by Gasteiger charge is -2.19. The van der Waals surface area contributed by atoms with E-state index in [1.807, 2.05) is 24.3 Å². The smallest absolute Gasteiger partial charge is 0.123 e. The van der Waals surface area contributed by atoms with Gasteiger partial charge in [-0.1, -0.05) is 19.9 Å². The molecule has 21 heavy (non-hydrogen) atoms. The zero-order valence-corrected chi connectivity index (χ0v) is 13.3. The summed E-state index contributed by atoms with van der Waals surface area (Å²) in [6.07, 6.45) is 3.12. The van der Waals surface area contributed by atoms with E-state index in [2.05, 4.69) is 19.2 Å². The summed E-state index contributed by atoms with van der Waals surface area (Å²) in [6.45, 7) is 5.47. The molecule has 1 fully saturated rings. The van der Waals surface area contributed by atoms with Crippen molar-refractivity contribution in [2.45, 2.75) is 45.3 Å². The fraction of sp³-hybridized carbons (Fsp3) is 0.647. The Hall–Kier alpha value is -1.26. The Bertz CT molecular complexity index is 447. The van der Waals surface area contributed by atoms with Gasteiger partial charge in [0.25, 0.3) is 0 Å². The molecule has 1 aliphatic carbocycles. The molecule has 1 aromatic carbocycles. The maximum absolute atomic E-state index is 10.0. The van der Waals surface area contributed by atoms with Gasteiger partial charge in [0, 0.05) is 18.7 Å². The van der Waals surface area contributed by atoms with Gasteiger partial charge in [-0.15, -0.1) is 0 Å². The summed E-state index contributed by atoms with van der Waals surface area (Å²) in [5.74, 6) is 1.48. The van der Waals surface area contributed by atoms with Crippen molar-refractivity contribution in [2.75, 3.05) is 20.3 Å². The Balaban J connectivity index is 1.69. The van der Waals surface area contributed by atoms with Crippen molar-refractivity contribution in [1.82, 2.24) is 5.32 Å². The highest BCUT2D eigenvalue weighted by molar-refractivity contribution is 5.32. The van der Waals surface area contributed by atoms with Gasteiger partial charge in [-0.05, 0) is 36.8 Å². The predicted molar refractivity (Wildman–Crippen MR) is 83.9 cm³/mol. The highest BCUT2D eigenvalue weighted by atomic mass is 16.5. The van der Waals surface area contributed by atoms with Crippen LogP contribution < -0.4 is 14.8 Å². The van der Waals surface area contributed by atoms with Gasteiger partial charge in [-0.3, -0.25) is 0 Å². The van der Waals surface area contributed by atoms with E-state index >= 15 is 0 Å². The average Bonchev–Trinajstić information content (AvgIpc) is 2.82. The Morgan fingerprint density at radius 3 is 2.81 bits per heavy atom. The zero-order valence-electron chi connectivity index (χ0n) is 13.3. The highest BCUT2D eigenvalue weighted by Gasteiger charge is 2.30. The lowest BCUT2D eigenvalue weighted by molar-refractivity contribution is 0.103. The topological polar surface area (TPSA) is 50.7 Å². The van der Waals surface area contributed by atoms with E-state index in [0.717, 1.165) is 11.5 Å². The summed E-state index contributed by atoms with van der Waals surface area (Å²) in [4.78, 5) is 0. The minimum atomic E-state index is -0.500. The molecule has 0 radical (unpaired) electrons. The molecule has 0 amide bonds. The summed E-state index contributed by atoms with van der Waals surface area (Å²) in [6, 6.07) is 7.94. The normalized spacial score (nSPS) is 22.0. The van der Waals surface area contributed by atoms with E-state index in [4.69, 9.17) is 9.47 Å². The first kappa shape index (κ1) is 16.1. The van der Waals surface area contributed by atoms with Crippen LogP contribution in [0.3, 0.4) is 0 Å².